The van der Waals surface area contributed by atoms with Crippen molar-refractivity contribution in [3.05, 3.63) is 12.8 Å². The van der Waals surface area contributed by atoms with Gasteiger partial charge < -0.3 is 0 Å². The minimum atomic E-state index is -3.17. The number of rotatable bonds is 3. The summed E-state index contributed by atoms with van der Waals surface area (Å²) >= 11 is -3.17. The molecule has 0 aromatic rings. The molecule has 1 fully saturated rings. The number of hydrogen-bond acceptors (Lipinski definition) is 3. The van der Waals surface area contributed by atoms with Crippen molar-refractivity contribution >= 4 is 19.5 Å². The molecule has 0 aromatic carbocycles. The molecule has 0 saturated carbocycles. The third-order valence-corrected chi connectivity index (χ3v) is 14.3. The van der Waals surface area contributed by atoms with E-state index < -0.39 is 19.5 Å². The molecule has 0 aromatic heterocycles. The summed E-state index contributed by atoms with van der Waals surface area (Å²) < 4.78 is 16.2. The summed E-state index contributed by atoms with van der Waals surface area (Å²) in [5.74, 6) is 0. The Morgan fingerprint density at radius 2 is 1.53 bits per heavy atom. The summed E-state index contributed by atoms with van der Waals surface area (Å²) in [6.45, 7) is 17.6. The Bertz CT molecular complexity index is 262. The molecule has 4 heteroatoms. The molecule has 0 aliphatic carbocycles. The molecule has 0 unspecified atom stereocenters. The molecule has 0 bridgehead atoms. The van der Waals surface area contributed by atoms with E-state index in [1.54, 1.807) is 0 Å². The molecule has 1 saturated heterocycles. The third kappa shape index (κ3) is 4.45. The monoisotopic (exact) mass is 349 g/mol. The van der Waals surface area contributed by atoms with Crippen molar-refractivity contribution < 1.29 is 6.15 Å². The molecule has 1 rings (SSSR count). The van der Waals surface area contributed by atoms with Gasteiger partial charge in [-0.3, -0.25) is 0 Å². The fourth-order valence-corrected chi connectivity index (χ4v) is 13.8. The summed E-state index contributed by atoms with van der Waals surface area (Å²) in [5, 5.41) is 0. The van der Waals surface area contributed by atoms with Crippen molar-refractivity contribution in [2.24, 2.45) is 0 Å². The van der Waals surface area contributed by atoms with Crippen molar-refractivity contribution in [1.29, 1.82) is 0 Å². The Balaban J connectivity index is 2.96. The summed E-state index contributed by atoms with van der Waals surface area (Å²) in [6.07, 6.45) is 3.08. The maximum absolute atomic E-state index is 6.41. The van der Waals surface area contributed by atoms with Gasteiger partial charge in [-0.05, 0) is 0 Å². The van der Waals surface area contributed by atoms with E-state index in [0.717, 1.165) is 17.4 Å². The molecular weight excluding hydrogens is 321 g/mol. The van der Waals surface area contributed by atoms with Gasteiger partial charge in [0.2, 0.25) is 0 Å². The van der Waals surface area contributed by atoms with Crippen LogP contribution in [0, 0.1) is 0 Å². The van der Waals surface area contributed by atoms with Crippen LogP contribution in [-0.4, -0.2) is 40.3 Å². The van der Waals surface area contributed by atoms with Gasteiger partial charge in [-0.2, -0.15) is 0 Å². The van der Waals surface area contributed by atoms with Crippen molar-refractivity contribution in [3.8, 4) is 0 Å². The second-order valence-corrected chi connectivity index (χ2v) is 14.9. The Hall–Kier alpha value is 0.259. The van der Waals surface area contributed by atoms with Crippen molar-refractivity contribution in [1.82, 2.24) is 3.12 Å². The van der Waals surface area contributed by atoms with Gasteiger partial charge in [0, 0.05) is 0 Å². The minimum absolute atomic E-state index is 0.146. The Morgan fingerprint density at radius 3 is 1.88 bits per heavy atom. The summed E-state index contributed by atoms with van der Waals surface area (Å²) in [4.78, 5) is 0. The van der Waals surface area contributed by atoms with Crippen LogP contribution in [0.5, 0.6) is 0 Å². The van der Waals surface area contributed by atoms with E-state index in [4.69, 9.17) is 6.15 Å². The van der Waals surface area contributed by atoms with Crippen molar-refractivity contribution in [2.45, 2.75) is 63.6 Å². The van der Waals surface area contributed by atoms with Gasteiger partial charge in [0.15, 0.2) is 0 Å². The van der Waals surface area contributed by atoms with Gasteiger partial charge >= 0.3 is 112 Å². The fraction of sp³-hybridized carbons (Fsp3) is 0.846. The number of nitrogens with zero attached hydrogens (tertiary/aromatic N) is 1. The molecule has 0 amide bonds. The third-order valence-electron chi connectivity index (χ3n) is 2.48. The van der Waals surface area contributed by atoms with Crippen LogP contribution in [0.3, 0.4) is 0 Å². The molecule has 100 valence electrons. The molecule has 3 nitrogen and oxygen atoms in total. The Kier molecular flexibility index (Phi) is 4.59. The van der Waals surface area contributed by atoms with Crippen molar-refractivity contribution in [2.75, 3.05) is 6.54 Å². The molecule has 0 atom stereocenters. The molecule has 1 heterocycles. The zero-order valence-electron chi connectivity index (χ0n) is 12.2. The molecule has 0 radical (unpaired) electrons. The van der Waals surface area contributed by atoms with E-state index in [0.29, 0.717) is 0 Å². The first-order valence-electron chi connectivity index (χ1n) is 6.38. The summed E-state index contributed by atoms with van der Waals surface area (Å²) in [7, 11) is 0. The average molecular weight is 348 g/mol. The second-order valence-electron chi connectivity index (χ2n) is 6.62. The Labute approximate surface area is 111 Å². The predicted octanol–water partition coefficient (Wildman–Crippen LogP) is 3.40. The van der Waals surface area contributed by atoms with Gasteiger partial charge in [-0.1, -0.05) is 0 Å². The van der Waals surface area contributed by atoms with Gasteiger partial charge in [-0.15, -0.1) is 0 Å². The average Bonchev–Trinajstić information content (AvgIpc) is 2.40. The molecule has 1 aliphatic rings. The topological polar surface area (TPSA) is 21.7 Å². The molecule has 0 spiro atoms. The quantitative estimate of drug-likeness (QED) is 0.730. The normalized spacial score (nSPS) is 20.7. The molecular formula is C13H27NO2Sn. The van der Waals surface area contributed by atoms with Crippen LogP contribution >= 0.6 is 0 Å². The summed E-state index contributed by atoms with van der Waals surface area (Å²) in [6, 6.07) is 0. The van der Waals surface area contributed by atoms with Crippen LogP contribution in [0.15, 0.2) is 12.8 Å². The number of hydrogen-bond donors (Lipinski definition) is 0. The zero-order chi connectivity index (χ0) is 13.3. The van der Waals surface area contributed by atoms with Gasteiger partial charge in [-0.25, -0.2) is 0 Å². The van der Waals surface area contributed by atoms with Crippen LogP contribution in [0.1, 0.15) is 48.0 Å². The summed E-state index contributed by atoms with van der Waals surface area (Å²) in [5.41, 5.74) is -0.292. The SMILES string of the molecule is C=C[N]1CC[CH2][Sn]1([O]C(C)(C)C)[O]C(C)(C)C. The van der Waals surface area contributed by atoms with Gasteiger partial charge in [0.1, 0.15) is 0 Å². The van der Waals surface area contributed by atoms with Gasteiger partial charge in [0.25, 0.3) is 0 Å². The fourth-order valence-electron chi connectivity index (χ4n) is 2.21. The zero-order valence-corrected chi connectivity index (χ0v) is 15.0. The van der Waals surface area contributed by atoms with E-state index in [-0.39, 0.29) is 11.2 Å². The van der Waals surface area contributed by atoms with E-state index in [9.17, 15) is 0 Å². The van der Waals surface area contributed by atoms with Crippen molar-refractivity contribution in [3.63, 3.8) is 0 Å². The van der Waals surface area contributed by atoms with Crippen LogP contribution in [0.2, 0.25) is 4.44 Å². The van der Waals surface area contributed by atoms with Crippen LogP contribution in [0.4, 0.5) is 0 Å². The van der Waals surface area contributed by atoms with Crippen LogP contribution in [0.25, 0.3) is 0 Å². The maximum atomic E-state index is 6.41. The van der Waals surface area contributed by atoms with E-state index >= 15 is 0 Å². The first kappa shape index (κ1) is 15.3. The second kappa shape index (κ2) is 5.09. The van der Waals surface area contributed by atoms with Crippen LogP contribution < -0.4 is 0 Å². The van der Waals surface area contributed by atoms with E-state index in [1.165, 1.54) is 0 Å². The first-order chi connectivity index (χ1) is 7.58. The predicted molar refractivity (Wildman–Crippen MR) is 73.8 cm³/mol. The standard InChI is InChI=1S/C5H9N.2C4H9O.Sn/c1-3-5-6-4-2;2*1-4(2,3)5;/h4H,1-3,5H2;2*1-3H3;/q3*-1;+3. The molecule has 0 N–H and O–H groups in total. The Morgan fingerprint density at radius 1 is 1.06 bits per heavy atom. The van der Waals surface area contributed by atoms with E-state index in [1.807, 2.05) is 6.20 Å². The van der Waals surface area contributed by atoms with Crippen LogP contribution in [-0.2, 0) is 6.15 Å². The molecule has 17 heavy (non-hydrogen) atoms. The first-order valence-corrected chi connectivity index (χ1v) is 12.0. The van der Waals surface area contributed by atoms with Gasteiger partial charge in [0.05, 0.1) is 0 Å². The molecule has 1 aliphatic heterocycles. The van der Waals surface area contributed by atoms with E-state index in [2.05, 4.69) is 51.2 Å².